The molecule has 2 fully saturated rings. The fourth-order valence-corrected chi connectivity index (χ4v) is 3.46. The molecule has 1 saturated carbocycles. The van der Waals surface area contributed by atoms with Crippen molar-refractivity contribution in [3.63, 3.8) is 0 Å². The van der Waals surface area contributed by atoms with Crippen molar-refractivity contribution in [3.8, 4) is 0 Å². The molecule has 0 radical (unpaired) electrons. The average Bonchev–Trinajstić information content (AvgIpc) is 2.32. The van der Waals surface area contributed by atoms with Crippen molar-refractivity contribution in [2.24, 2.45) is 11.8 Å². The van der Waals surface area contributed by atoms with Crippen molar-refractivity contribution in [2.75, 3.05) is 18.8 Å². The van der Waals surface area contributed by atoms with E-state index in [0.29, 0.717) is 0 Å². The Labute approximate surface area is 103 Å². The lowest BCUT2D eigenvalue weighted by atomic mass is 9.78. The van der Waals surface area contributed by atoms with E-state index in [2.05, 4.69) is 9.88 Å². The first-order valence-electron chi connectivity index (χ1n) is 6.73. The number of rotatable bonds is 2. The Kier molecular flexibility index (Phi) is 3.02. The lowest BCUT2D eigenvalue weighted by molar-refractivity contribution is 0.0800. The quantitative estimate of drug-likeness (QED) is 0.849. The van der Waals surface area contributed by atoms with Crippen molar-refractivity contribution < 1.29 is 0 Å². The summed E-state index contributed by atoms with van der Waals surface area (Å²) in [7, 11) is 0. The van der Waals surface area contributed by atoms with Gasteiger partial charge in [0.25, 0.3) is 0 Å². The number of nitrogens with two attached hydrogens (primary N) is 1. The molecule has 2 N–H and O–H groups in total. The van der Waals surface area contributed by atoms with Crippen LogP contribution >= 0.6 is 0 Å². The molecule has 1 aliphatic carbocycles. The molecule has 1 saturated heterocycles. The van der Waals surface area contributed by atoms with Crippen LogP contribution in [-0.4, -0.2) is 23.0 Å². The summed E-state index contributed by atoms with van der Waals surface area (Å²) < 4.78 is 0. The molecule has 2 aliphatic rings. The molecule has 0 spiro atoms. The summed E-state index contributed by atoms with van der Waals surface area (Å²) in [5, 5.41) is 0. The summed E-state index contributed by atoms with van der Waals surface area (Å²) in [5.41, 5.74) is 7.85. The smallest absolute Gasteiger partial charge is 0.0772 e. The molecule has 0 aromatic carbocycles. The van der Waals surface area contributed by atoms with Crippen molar-refractivity contribution >= 4 is 5.69 Å². The average molecular weight is 231 g/mol. The third kappa shape index (κ3) is 2.44. The van der Waals surface area contributed by atoms with Gasteiger partial charge in [-0.15, -0.1) is 0 Å². The van der Waals surface area contributed by atoms with E-state index < -0.39 is 0 Å². The first kappa shape index (κ1) is 11.0. The molecule has 17 heavy (non-hydrogen) atoms. The molecule has 2 heterocycles. The van der Waals surface area contributed by atoms with Crippen LogP contribution in [0.15, 0.2) is 18.3 Å². The highest BCUT2D eigenvalue weighted by Crippen LogP contribution is 2.34. The lowest BCUT2D eigenvalue weighted by Crippen LogP contribution is -2.42. The van der Waals surface area contributed by atoms with Gasteiger partial charge in [0, 0.05) is 25.8 Å². The molecule has 1 aromatic heterocycles. The number of pyridine rings is 1. The third-order valence-electron chi connectivity index (χ3n) is 4.22. The van der Waals surface area contributed by atoms with Gasteiger partial charge in [0.05, 0.1) is 11.4 Å². The second kappa shape index (κ2) is 4.65. The van der Waals surface area contributed by atoms with Gasteiger partial charge in [0.2, 0.25) is 0 Å². The molecule has 1 aromatic rings. The van der Waals surface area contributed by atoms with Crippen LogP contribution in [0.5, 0.6) is 0 Å². The predicted molar refractivity (Wildman–Crippen MR) is 69.4 cm³/mol. The van der Waals surface area contributed by atoms with E-state index in [1.807, 2.05) is 18.3 Å². The highest BCUT2D eigenvalue weighted by Gasteiger charge is 2.30. The predicted octanol–water partition coefficient (Wildman–Crippen LogP) is 2.29. The van der Waals surface area contributed by atoms with Gasteiger partial charge in [-0.2, -0.15) is 0 Å². The van der Waals surface area contributed by atoms with Crippen LogP contribution in [0, 0.1) is 11.8 Å². The van der Waals surface area contributed by atoms with Crippen LogP contribution in [0.1, 0.15) is 31.4 Å². The van der Waals surface area contributed by atoms with Crippen LogP contribution in [0.2, 0.25) is 0 Å². The summed E-state index contributed by atoms with van der Waals surface area (Å²) in [5.74, 6) is 1.85. The van der Waals surface area contributed by atoms with Gasteiger partial charge in [-0.25, -0.2) is 0 Å². The fraction of sp³-hybridized carbons (Fsp3) is 0.643. The Morgan fingerprint density at radius 1 is 1.29 bits per heavy atom. The standard InChI is InChI=1S/C14H21N3/c15-13-5-2-6-16-14(13)10-17-8-11-3-1-4-12(7-11)9-17/h2,5-6,11-12H,1,3-4,7-10,15H2. The molecular formula is C14H21N3. The first-order valence-corrected chi connectivity index (χ1v) is 6.73. The molecule has 2 bridgehead atoms. The molecule has 0 amide bonds. The number of piperidine rings is 1. The van der Waals surface area contributed by atoms with Gasteiger partial charge >= 0.3 is 0 Å². The number of fused-ring (bicyclic) bond motifs is 2. The summed E-state index contributed by atoms with van der Waals surface area (Å²) in [6.07, 6.45) is 7.58. The fourth-order valence-electron chi connectivity index (χ4n) is 3.46. The number of likely N-dealkylation sites (tertiary alicyclic amines) is 1. The topological polar surface area (TPSA) is 42.1 Å². The molecule has 1 aliphatic heterocycles. The van der Waals surface area contributed by atoms with Gasteiger partial charge in [0.15, 0.2) is 0 Å². The van der Waals surface area contributed by atoms with Gasteiger partial charge in [0.1, 0.15) is 0 Å². The Morgan fingerprint density at radius 3 is 2.76 bits per heavy atom. The summed E-state index contributed by atoms with van der Waals surface area (Å²) in [6, 6.07) is 3.86. The second-order valence-electron chi connectivity index (χ2n) is 5.63. The van der Waals surface area contributed by atoms with E-state index in [1.165, 1.54) is 38.8 Å². The molecule has 2 atom stereocenters. The minimum Gasteiger partial charge on any atom is -0.397 e. The number of nitrogen functional groups attached to an aromatic ring is 1. The Bertz CT molecular complexity index is 379. The Hall–Kier alpha value is -1.09. The molecular weight excluding hydrogens is 210 g/mol. The number of hydrogen-bond acceptors (Lipinski definition) is 3. The number of hydrogen-bond donors (Lipinski definition) is 1. The van der Waals surface area contributed by atoms with Crippen LogP contribution < -0.4 is 5.73 Å². The Morgan fingerprint density at radius 2 is 2.06 bits per heavy atom. The maximum Gasteiger partial charge on any atom is 0.0772 e. The highest BCUT2D eigenvalue weighted by molar-refractivity contribution is 5.41. The first-order chi connectivity index (χ1) is 8.31. The molecule has 3 heteroatoms. The number of aromatic nitrogens is 1. The van der Waals surface area contributed by atoms with Crippen LogP contribution in [-0.2, 0) is 6.54 Å². The van der Waals surface area contributed by atoms with Gasteiger partial charge in [-0.1, -0.05) is 6.42 Å². The van der Waals surface area contributed by atoms with Crippen molar-refractivity contribution in [2.45, 2.75) is 32.2 Å². The SMILES string of the molecule is Nc1cccnc1CN1CC2CCCC(C2)C1. The van der Waals surface area contributed by atoms with Crippen LogP contribution in [0.3, 0.4) is 0 Å². The lowest BCUT2D eigenvalue weighted by Gasteiger charge is -2.41. The zero-order valence-electron chi connectivity index (χ0n) is 10.3. The van der Waals surface area contributed by atoms with Gasteiger partial charge in [-0.05, 0) is 43.2 Å². The molecule has 2 unspecified atom stereocenters. The van der Waals surface area contributed by atoms with Gasteiger partial charge < -0.3 is 5.73 Å². The molecule has 92 valence electrons. The summed E-state index contributed by atoms with van der Waals surface area (Å²) >= 11 is 0. The van der Waals surface area contributed by atoms with Crippen LogP contribution in [0.25, 0.3) is 0 Å². The molecule has 3 rings (SSSR count). The number of anilines is 1. The second-order valence-corrected chi connectivity index (χ2v) is 5.63. The zero-order valence-corrected chi connectivity index (χ0v) is 10.3. The van der Waals surface area contributed by atoms with E-state index in [4.69, 9.17) is 5.73 Å². The minimum atomic E-state index is 0.836. The van der Waals surface area contributed by atoms with Gasteiger partial charge in [-0.3, -0.25) is 9.88 Å². The van der Waals surface area contributed by atoms with Crippen molar-refractivity contribution in [3.05, 3.63) is 24.0 Å². The van der Waals surface area contributed by atoms with Crippen molar-refractivity contribution in [1.82, 2.24) is 9.88 Å². The number of nitrogens with zero attached hydrogens (tertiary/aromatic N) is 2. The van der Waals surface area contributed by atoms with E-state index >= 15 is 0 Å². The summed E-state index contributed by atoms with van der Waals surface area (Å²) in [6.45, 7) is 3.42. The van der Waals surface area contributed by atoms with Crippen molar-refractivity contribution in [1.29, 1.82) is 0 Å². The monoisotopic (exact) mass is 231 g/mol. The summed E-state index contributed by atoms with van der Waals surface area (Å²) in [4.78, 5) is 6.95. The van der Waals surface area contributed by atoms with Crippen LogP contribution in [0.4, 0.5) is 5.69 Å². The minimum absolute atomic E-state index is 0.836. The maximum absolute atomic E-state index is 5.96. The largest absolute Gasteiger partial charge is 0.397 e. The molecule has 3 nitrogen and oxygen atoms in total. The van der Waals surface area contributed by atoms with E-state index in [1.54, 1.807) is 0 Å². The maximum atomic E-state index is 5.96. The normalized spacial score (nSPS) is 29.2. The van der Waals surface area contributed by atoms with E-state index in [9.17, 15) is 0 Å². The Balaban J connectivity index is 1.68. The zero-order chi connectivity index (χ0) is 11.7. The highest BCUT2D eigenvalue weighted by atomic mass is 15.1. The van der Waals surface area contributed by atoms with E-state index in [0.717, 1.165) is 29.8 Å². The third-order valence-corrected chi connectivity index (χ3v) is 4.22. The van der Waals surface area contributed by atoms with E-state index in [-0.39, 0.29) is 0 Å².